The molecule has 3 nitrogen and oxygen atoms in total. The van der Waals surface area contributed by atoms with Crippen molar-refractivity contribution in [3.05, 3.63) is 0 Å². The van der Waals surface area contributed by atoms with Gasteiger partial charge in [-0.3, -0.25) is 9.59 Å². The molecule has 2 aliphatic rings. The molecular weight excluding hydrogens is 252 g/mol. The number of ketones is 1. The van der Waals surface area contributed by atoms with E-state index in [1.165, 1.54) is 6.92 Å². The second-order valence-corrected chi connectivity index (χ2v) is 7.33. The van der Waals surface area contributed by atoms with Crippen molar-refractivity contribution in [2.45, 2.75) is 65.9 Å². The second-order valence-electron chi connectivity index (χ2n) is 7.33. The molecule has 0 aliphatic heterocycles. The quantitative estimate of drug-likeness (QED) is 0.742. The number of carbonyl (C=O) groups excluding carboxylic acids is 2. The average molecular weight is 280 g/mol. The molecule has 0 aromatic heterocycles. The van der Waals surface area contributed by atoms with E-state index in [2.05, 4.69) is 20.8 Å². The Morgan fingerprint density at radius 2 is 1.80 bits per heavy atom. The molecule has 2 saturated carbocycles. The molecule has 2 fully saturated rings. The maximum absolute atomic E-state index is 12.0. The van der Waals surface area contributed by atoms with Crippen LogP contribution in [0.15, 0.2) is 0 Å². The lowest BCUT2D eigenvalue weighted by molar-refractivity contribution is -0.172. The van der Waals surface area contributed by atoms with Gasteiger partial charge in [0.1, 0.15) is 11.4 Å². The SMILES string of the molecule is CC(=O)OC1(C)CCC(C(C)C)C2C(C(C)=O)CCC21. The predicted molar refractivity (Wildman–Crippen MR) is 78.1 cm³/mol. The zero-order chi connectivity index (χ0) is 15.1. The summed E-state index contributed by atoms with van der Waals surface area (Å²) >= 11 is 0. The Kier molecular flexibility index (Phi) is 4.27. The van der Waals surface area contributed by atoms with Gasteiger partial charge in [-0.05, 0) is 57.3 Å². The van der Waals surface area contributed by atoms with Crippen molar-refractivity contribution < 1.29 is 14.3 Å². The van der Waals surface area contributed by atoms with Crippen molar-refractivity contribution in [3.8, 4) is 0 Å². The fraction of sp³-hybridized carbons (Fsp3) is 0.882. The molecule has 5 atom stereocenters. The third-order valence-corrected chi connectivity index (χ3v) is 5.73. The Bertz CT molecular complexity index is 401. The fourth-order valence-corrected chi connectivity index (χ4v) is 4.87. The Labute approximate surface area is 122 Å². The Morgan fingerprint density at radius 1 is 1.15 bits per heavy atom. The van der Waals surface area contributed by atoms with Gasteiger partial charge in [-0.2, -0.15) is 0 Å². The molecule has 0 heterocycles. The molecule has 0 aromatic rings. The topological polar surface area (TPSA) is 43.4 Å². The zero-order valence-electron chi connectivity index (χ0n) is 13.4. The summed E-state index contributed by atoms with van der Waals surface area (Å²) in [5, 5.41) is 0. The third kappa shape index (κ3) is 2.64. The van der Waals surface area contributed by atoms with Crippen LogP contribution < -0.4 is 0 Å². The van der Waals surface area contributed by atoms with Gasteiger partial charge in [-0.1, -0.05) is 13.8 Å². The van der Waals surface area contributed by atoms with Gasteiger partial charge in [-0.15, -0.1) is 0 Å². The largest absolute Gasteiger partial charge is 0.459 e. The van der Waals surface area contributed by atoms with Crippen molar-refractivity contribution in [2.75, 3.05) is 0 Å². The zero-order valence-corrected chi connectivity index (χ0v) is 13.4. The van der Waals surface area contributed by atoms with Crippen LogP contribution >= 0.6 is 0 Å². The van der Waals surface area contributed by atoms with E-state index in [0.29, 0.717) is 29.5 Å². The number of esters is 1. The summed E-state index contributed by atoms with van der Waals surface area (Å²) in [6.07, 6.45) is 3.97. The summed E-state index contributed by atoms with van der Waals surface area (Å²) in [6, 6.07) is 0. The second kappa shape index (κ2) is 5.50. The summed E-state index contributed by atoms with van der Waals surface area (Å²) in [5.74, 6) is 2.20. The molecule has 2 aliphatic carbocycles. The molecule has 0 spiro atoms. The van der Waals surface area contributed by atoms with E-state index in [4.69, 9.17) is 4.74 Å². The first-order valence-electron chi connectivity index (χ1n) is 7.96. The standard InChI is InChI=1S/C17H28O3/c1-10(2)13-8-9-17(5,20-12(4)19)15-7-6-14(11(3)18)16(13)15/h10,13-16H,6-9H2,1-5H3. The van der Waals surface area contributed by atoms with E-state index in [9.17, 15) is 9.59 Å². The highest BCUT2D eigenvalue weighted by Crippen LogP contribution is 2.56. The van der Waals surface area contributed by atoms with Crippen molar-refractivity contribution in [2.24, 2.45) is 29.6 Å². The first-order valence-corrected chi connectivity index (χ1v) is 7.96. The van der Waals surface area contributed by atoms with Crippen LogP contribution in [0.25, 0.3) is 0 Å². The summed E-state index contributed by atoms with van der Waals surface area (Å²) < 4.78 is 5.70. The molecule has 3 heteroatoms. The third-order valence-electron chi connectivity index (χ3n) is 5.73. The van der Waals surface area contributed by atoms with Crippen LogP contribution in [0, 0.1) is 29.6 Å². The van der Waals surface area contributed by atoms with Gasteiger partial charge in [0.25, 0.3) is 0 Å². The Balaban J connectivity index is 2.30. The minimum atomic E-state index is -0.369. The highest BCUT2D eigenvalue weighted by molar-refractivity contribution is 5.79. The van der Waals surface area contributed by atoms with E-state index in [0.717, 1.165) is 25.7 Å². The maximum atomic E-state index is 12.0. The van der Waals surface area contributed by atoms with Crippen LogP contribution in [0.5, 0.6) is 0 Å². The monoisotopic (exact) mass is 280 g/mol. The Morgan fingerprint density at radius 3 is 2.30 bits per heavy atom. The van der Waals surface area contributed by atoms with E-state index in [-0.39, 0.29) is 17.5 Å². The van der Waals surface area contributed by atoms with Gasteiger partial charge in [0.15, 0.2) is 0 Å². The first-order chi connectivity index (χ1) is 9.26. The number of Topliss-reactive ketones (excluding diaryl/α,β-unsaturated/α-hetero) is 1. The fourth-order valence-electron chi connectivity index (χ4n) is 4.87. The van der Waals surface area contributed by atoms with Gasteiger partial charge in [0, 0.05) is 18.8 Å². The van der Waals surface area contributed by atoms with E-state index < -0.39 is 0 Å². The van der Waals surface area contributed by atoms with Crippen LogP contribution in [-0.4, -0.2) is 17.4 Å². The molecule has 0 saturated heterocycles. The molecule has 0 aromatic carbocycles. The highest BCUT2D eigenvalue weighted by Gasteiger charge is 2.55. The molecule has 5 unspecified atom stereocenters. The Hall–Kier alpha value is -0.860. The molecular formula is C17H28O3. The number of rotatable bonds is 3. The van der Waals surface area contributed by atoms with Crippen molar-refractivity contribution in [1.82, 2.24) is 0 Å². The van der Waals surface area contributed by atoms with Crippen LogP contribution in [0.1, 0.15) is 60.3 Å². The van der Waals surface area contributed by atoms with Gasteiger partial charge < -0.3 is 4.74 Å². The van der Waals surface area contributed by atoms with E-state index >= 15 is 0 Å². The van der Waals surface area contributed by atoms with Gasteiger partial charge in [-0.25, -0.2) is 0 Å². The first kappa shape index (κ1) is 15.5. The van der Waals surface area contributed by atoms with E-state index in [1.54, 1.807) is 6.92 Å². The maximum Gasteiger partial charge on any atom is 0.303 e. The van der Waals surface area contributed by atoms with Gasteiger partial charge >= 0.3 is 5.97 Å². The number of ether oxygens (including phenoxy) is 1. The molecule has 0 N–H and O–H groups in total. The van der Waals surface area contributed by atoms with Crippen molar-refractivity contribution in [1.29, 1.82) is 0 Å². The minimum Gasteiger partial charge on any atom is -0.459 e. The molecule has 0 radical (unpaired) electrons. The van der Waals surface area contributed by atoms with Crippen LogP contribution in [0.3, 0.4) is 0 Å². The van der Waals surface area contributed by atoms with Gasteiger partial charge in [0.2, 0.25) is 0 Å². The van der Waals surface area contributed by atoms with Crippen molar-refractivity contribution >= 4 is 11.8 Å². The van der Waals surface area contributed by atoms with Crippen LogP contribution in [-0.2, 0) is 14.3 Å². The molecule has 0 bridgehead atoms. The minimum absolute atomic E-state index is 0.169. The summed E-state index contributed by atoms with van der Waals surface area (Å²) in [6.45, 7) is 9.80. The predicted octanol–water partition coefficient (Wildman–Crippen LogP) is 3.61. The van der Waals surface area contributed by atoms with Crippen LogP contribution in [0.2, 0.25) is 0 Å². The smallest absolute Gasteiger partial charge is 0.303 e. The molecule has 114 valence electrons. The lowest BCUT2D eigenvalue weighted by atomic mass is 9.61. The number of carbonyl (C=O) groups is 2. The number of hydrogen-bond acceptors (Lipinski definition) is 3. The number of fused-ring (bicyclic) bond motifs is 1. The molecule has 20 heavy (non-hydrogen) atoms. The average Bonchev–Trinajstić information content (AvgIpc) is 2.73. The number of hydrogen-bond donors (Lipinski definition) is 0. The summed E-state index contributed by atoms with van der Waals surface area (Å²) in [7, 11) is 0. The van der Waals surface area contributed by atoms with Crippen molar-refractivity contribution in [3.63, 3.8) is 0 Å². The summed E-state index contributed by atoms with van der Waals surface area (Å²) in [5.41, 5.74) is -0.369. The lowest BCUT2D eigenvalue weighted by Crippen LogP contribution is -2.49. The highest BCUT2D eigenvalue weighted by atomic mass is 16.6. The summed E-state index contributed by atoms with van der Waals surface area (Å²) in [4.78, 5) is 23.4. The normalized spacial score (nSPS) is 40.5. The molecule has 2 rings (SSSR count). The molecule has 0 amide bonds. The van der Waals surface area contributed by atoms with Gasteiger partial charge in [0.05, 0.1) is 0 Å². The van der Waals surface area contributed by atoms with Crippen LogP contribution in [0.4, 0.5) is 0 Å². The lowest BCUT2D eigenvalue weighted by Gasteiger charge is -2.48. The van der Waals surface area contributed by atoms with E-state index in [1.807, 2.05) is 0 Å².